The van der Waals surface area contributed by atoms with Crippen LogP contribution in [0.1, 0.15) is 5.69 Å². The summed E-state index contributed by atoms with van der Waals surface area (Å²) >= 11 is 0. The second kappa shape index (κ2) is 7.77. The van der Waals surface area contributed by atoms with E-state index in [1.807, 2.05) is 19.1 Å². The highest BCUT2D eigenvalue weighted by atomic mass is 19.2. The van der Waals surface area contributed by atoms with Crippen LogP contribution >= 0.6 is 0 Å². The maximum atomic E-state index is 13.6. The fraction of sp³-hybridized carbons (Fsp3) is 0.0435. The first kappa shape index (κ1) is 19.7. The Morgan fingerprint density at radius 3 is 2.44 bits per heavy atom. The highest BCUT2D eigenvalue weighted by Gasteiger charge is 2.19. The quantitative estimate of drug-likeness (QED) is 0.416. The van der Waals surface area contributed by atoms with Gasteiger partial charge in [-0.15, -0.1) is 5.10 Å². The van der Waals surface area contributed by atoms with Gasteiger partial charge in [-0.2, -0.15) is 9.73 Å². The lowest BCUT2D eigenvalue weighted by Gasteiger charge is -2.08. The molecule has 5 rings (SSSR count). The summed E-state index contributed by atoms with van der Waals surface area (Å²) in [6.07, 6.45) is 1.55. The maximum absolute atomic E-state index is 13.6. The number of fused-ring (bicyclic) bond motifs is 1. The molecule has 0 aliphatic heterocycles. The largest absolute Gasteiger partial charge is 0.324 e. The third kappa shape index (κ3) is 3.64. The van der Waals surface area contributed by atoms with Crippen LogP contribution < -0.4 is 5.32 Å². The fourth-order valence-electron chi connectivity index (χ4n) is 3.35. The second-order valence-electron chi connectivity index (χ2n) is 7.10. The molecule has 0 saturated heterocycles. The molecule has 158 valence electrons. The van der Waals surface area contributed by atoms with Gasteiger partial charge in [-0.1, -0.05) is 0 Å². The van der Waals surface area contributed by atoms with Crippen LogP contribution in [0, 0.1) is 24.4 Å². The van der Waals surface area contributed by atoms with E-state index < -0.39 is 11.6 Å². The molecule has 1 N–H and O–H groups in total. The smallest absolute Gasteiger partial charge is 0.227 e. The van der Waals surface area contributed by atoms with Crippen molar-refractivity contribution in [1.82, 2.24) is 24.8 Å². The molecule has 9 heteroatoms. The summed E-state index contributed by atoms with van der Waals surface area (Å²) in [5.41, 5.74) is 4.26. The molecule has 32 heavy (non-hydrogen) atoms. The van der Waals surface area contributed by atoms with Gasteiger partial charge in [0.15, 0.2) is 11.6 Å². The molecule has 0 unspecified atom stereocenters. The van der Waals surface area contributed by atoms with Crippen LogP contribution in [0.2, 0.25) is 0 Å². The van der Waals surface area contributed by atoms with E-state index in [4.69, 9.17) is 0 Å². The Morgan fingerprint density at radius 1 is 0.844 bits per heavy atom. The highest BCUT2D eigenvalue weighted by molar-refractivity contribution is 5.90. The number of hydrogen-bond acceptors (Lipinski definition) is 5. The van der Waals surface area contributed by atoms with Crippen LogP contribution in [0.25, 0.3) is 28.0 Å². The van der Waals surface area contributed by atoms with Crippen LogP contribution in [0.15, 0.2) is 66.9 Å². The third-order valence-corrected chi connectivity index (χ3v) is 4.84. The van der Waals surface area contributed by atoms with Crippen molar-refractivity contribution in [2.45, 2.75) is 6.92 Å². The molecule has 6 nitrogen and oxygen atoms in total. The Hall–Kier alpha value is -4.27. The summed E-state index contributed by atoms with van der Waals surface area (Å²) < 4.78 is 41.8. The van der Waals surface area contributed by atoms with Crippen molar-refractivity contribution in [3.63, 3.8) is 0 Å². The molecular weight excluding hydrogens is 417 g/mol. The summed E-state index contributed by atoms with van der Waals surface area (Å²) in [6, 6.07) is 14.9. The first-order valence-corrected chi connectivity index (χ1v) is 9.66. The van der Waals surface area contributed by atoms with Gasteiger partial charge in [-0.25, -0.2) is 23.1 Å². The molecule has 0 saturated carbocycles. The van der Waals surface area contributed by atoms with Gasteiger partial charge >= 0.3 is 0 Å². The van der Waals surface area contributed by atoms with Gasteiger partial charge in [0, 0.05) is 23.5 Å². The predicted molar refractivity (Wildman–Crippen MR) is 114 cm³/mol. The van der Waals surface area contributed by atoms with Crippen molar-refractivity contribution in [3.05, 3.63) is 90.0 Å². The van der Waals surface area contributed by atoms with Gasteiger partial charge in [0.05, 0.1) is 22.5 Å². The van der Waals surface area contributed by atoms with Gasteiger partial charge < -0.3 is 5.32 Å². The van der Waals surface area contributed by atoms with E-state index in [1.165, 1.54) is 22.8 Å². The number of halogens is 3. The zero-order valence-corrected chi connectivity index (χ0v) is 16.7. The van der Waals surface area contributed by atoms with Crippen molar-refractivity contribution in [2.24, 2.45) is 0 Å². The molecule has 3 aromatic heterocycles. The lowest BCUT2D eigenvalue weighted by atomic mass is 10.0. The van der Waals surface area contributed by atoms with Gasteiger partial charge in [-0.3, -0.25) is 0 Å². The Balaban J connectivity index is 1.63. The molecule has 0 radical (unpaired) electrons. The fourth-order valence-corrected chi connectivity index (χ4v) is 3.35. The van der Waals surface area contributed by atoms with E-state index in [0.29, 0.717) is 33.7 Å². The molecule has 0 aliphatic rings. The molecule has 0 bridgehead atoms. The highest BCUT2D eigenvalue weighted by Crippen LogP contribution is 2.34. The summed E-state index contributed by atoms with van der Waals surface area (Å²) in [5.74, 6) is -2.08. The van der Waals surface area contributed by atoms with E-state index in [2.05, 4.69) is 25.5 Å². The van der Waals surface area contributed by atoms with E-state index in [-0.39, 0.29) is 11.8 Å². The van der Waals surface area contributed by atoms with Gasteiger partial charge in [0.2, 0.25) is 5.95 Å². The topological polar surface area (TPSA) is 68.0 Å². The third-order valence-electron chi connectivity index (χ3n) is 4.84. The van der Waals surface area contributed by atoms with E-state index >= 15 is 0 Å². The first-order chi connectivity index (χ1) is 15.5. The maximum Gasteiger partial charge on any atom is 0.227 e. The van der Waals surface area contributed by atoms with Crippen molar-refractivity contribution in [1.29, 1.82) is 0 Å². The van der Waals surface area contributed by atoms with Crippen LogP contribution in [-0.4, -0.2) is 24.8 Å². The van der Waals surface area contributed by atoms with Crippen LogP contribution in [-0.2, 0) is 0 Å². The van der Waals surface area contributed by atoms with Crippen molar-refractivity contribution in [3.8, 4) is 22.5 Å². The van der Waals surface area contributed by atoms with Gasteiger partial charge in [0.25, 0.3) is 0 Å². The predicted octanol–water partition coefficient (Wildman–Crippen LogP) is 5.32. The normalized spacial score (nSPS) is 11.1. The molecule has 0 spiro atoms. The number of aromatic nitrogens is 5. The number of benzene rings is 2. The SMILES string of the molecule is Cc1ccc2c(-c3ccnc(Nc4ccc(F)c(F)c4)n3)c(-c3ccc(F)cc3)nn2n1. The minimum Gasteiger partial charge on any atom is -0.324 e. The molecule has 0 fully saturated rings. The lowest BCUT2D eigenvalue weighted by Crippen LogP contribution is -1.99. The molecule has 0 atom stereocenters. The summed E-state index contributed by atoms with van der Waals surface area (Å²) in [6.45, 7) is 1.85. The van der Waals surface area contributed by atoms with Crippen molar-refractivity contribution in [2.75, 3.05) is 5.32 Å². The lowest BCUT2D eigenvalue weighted by molar-refractivity contribution is 0.509. The Morgan fingerprint density at radius 2 is 1.66 bits per heavy atom. The number of nitrogens with one attached hydrogen (secondary N) is 1. The van der Waals surface area contributed by atoms with Crippen molar-refractivity contribution < 1.29 is 13.2 Å². The van der Waals surface area contributed by atoms with E-state index in [1.54, 1.807) is 24.4 Å². The molecule has 5 aromatic rings. The van der Waals surface area contributed by atoms with Crippen molar-refractivity contribution >= 4 is 17.2 Å². The Bertz CT molecular complexity index is 1450. The summed E-state index contributed by atoms with van der Waals surface area (Å²) in [5, 5.41) is 11.9. The molecule has 2 aromatic carbocycles. The zero-order chi connectivity index (χ0) is 22.2. The standard InChI is InChI=1S/C23H15F3N6/c1-13-2-9-20-21(22(31-32(20)30-13)14-3-5-15(24)6-4-14)19-10-11-27-23(29-19)28-16-7-8-17(25)18(26)12-16/h2-12H,1H3,(H,27,28,29). The van der Waals surface area contributed by atoms with E-state index in [0.717, 1.165) is 17.8 Å². The summed E-state index contributed by atoms with van der Waals surface area (Å²) in [7, 11) is 0. The van der Waals surface area contributed by atoms with Crippen LogP contribution in [0.3, 0.4) is 0 Å². The monoisotopic (exact) mass is 432 g/mol. The molecule has 0 amide bonds. The zero-order valence-electron chi connectivity index (χ0n) is 16.7. The minimum absolute atomic E-state index is 0.193. The van der Waals surface area contributed by atoms with E-state index in [9.17, 15) is 13.2 Å². The second-order valence-corrected chi connectivity index (χ2v) is 7.10. The average molecular weight is 432 g/mol. The van der Waals surface area contributed by atoms with Crippen LogP contribution in [0.4, 0.5) is 24.8 Å². The summed E-state index contributed by atoms with van der Waals surface area (Å²) in [4.78, 5) is 8.72. The number of rotatable bonds is 4. The van der Waals surface area contributed by atoms with Gasteiger partial charge in [0.1, 0.15) is 11.5 Å². The molecular formula is C23H15F3N6. The Labute approximate surface area is 180 Å². The number of anilines is 2. The molecule has 3 heterocycles. The van der Waals surface area contributed by atoms with Gasteiger partial charge in [-0.05, 0) is 61.5 Å². The first-order valence-electron chi connectivity index (χ1n) is 9.66. The average Bonchev–Trinajstić information content (AvgIpc) is 3.15. The van der Waals surface area contributed by atoms with Crippen LogP contribution in [0.5, 0.6) is 0 Å². The minimum atomic E-state index is -0.978. The number of hydrogen-bond donors (Lipinski definition) is 1. The Kier molecular flexibility index (Phi) is 4.78. The molecule has 0 aliphatic carbocycles. The number of nitrogens with zero attached hydrogens (tertiary/aromatic N) is 5. The number of aryl methyl sites for hydroxylation is 1.